The van der Waals surface area contributed by atoms with Gasteiger partial charge in [-0.2, -0.15) is 9.67 Å². The normalized spacial score (nSPS) is 15.3. The molecule has 1 aliphatic carbocycles. The lowest BCUT2D eigenvalue weighted by atomic mass is 9.95. The molecule has 0 unspecified atom stereocenters. The van der Waals surface area contributed by atoms with Crippen molar-refractivity contribution >= 4 is 17.0 Å². The van der Waals surface area contributed by atoms with Crippen LogP contribution >= 0.6 is 0 Å². The molecule has 3 heterocycles. The molecule has 0 aliphatic heterocycles. The molecule has 4 aromatic rings. The first-order chi connectivity index (χ1) is 13.8. The van der Waals surface area contributed by atoms with Crippen molar-refractivity contribution in [3.63, 3.8) is 0 Å². The topological polar surface area (TPSA) is 87.4 Å². The van der Waals surface area contributed by atoms with E-state index in [1.165, 1.54) is 19.3 Å². The van der Waals surface area contributed by atoms with E-state index in [9.17, 15) is 0 Å². The van der Waals surface area contributed by atoms with E-state index in [-0.39, 0.29) is 0 Å². The highest BCUT2D eigenvalue weighted by atomic mass is 15.5. The van der Waals surface area contributed by atoms with Gasteiger partial charge in [0.05, 0.1) is 11.7 Å². The fourth-order valence-electron chi connectivity index (χ4n) is 4.16. The molecule has 7 nitrogen and oxygen atoms in total. The Morgan fingerprint density at radius 2 is 1.82 bits per heavy atom. The molecule has 7 heteroatoms. The molecule has 0 spiro atoms. The van der Waals surface area contributed by atoms with Crippen molar-refractivity contribution in [2.75, 3.05) is 5.73 Å². The summed E-state index contributed by atoms with van der Waals surface area (Å²) in [4.78, 5) is 13.6. The molecular formula is C21H23N7. The summed E-state index contributed by atoms with van der Waals surface area (Å²) in [7, 11) is 0. The third kappa shape index (κ3) is 3.02. The minimum atomic E-state index is 0.367. The minimum Gasteiger partial charge on any atom is -0.368 e. The lowest BCUT2D eigenvalue weighted by Crippen LogP contribution is -2.18. The van der Waals surface area contributed by atoms with E-state index in [0.717, 1.165) is 35.4 Å². The smallest absolute Gasteiger partial charge is 0.235 e. The lowest BCUT2D eigenvalue weighted by Gasteiger charge is -2.25. The van der Waals surface area contributed by atoms with Crippen molar-refractivity contribution in [2.45, 2.75) is 44.6 Å². The summed E-state index contributed by atoms with van der Waals surface area (Å²) in [5.41, 5.74) is 9.37. The molecule has 1 fully saturated rings. The zero-order valence-corrected chi connectivity index (χ0v) is 15.7. The molecule has 0 atom stereocenters. The van der Waals surface area contributed by atoms with Crippen LogP contribution in [0.1, 0.15) is 49.5 Å². The van der Waals surface area contributed by atoms with E-state index in [1.807, 2.05) is 30.5 Å². The van der Waals surface area contributed by atoms with Crippen LogP contribution in [-0.2, 0) is 6.42 Å². The molecule has 1 aliphatic rings. The molecule has 5 rings (SSSR count). The third-order valence-electron chi connectivity index (χ3n) is 5.48. The van der Waals surface area contributed by atoms with Crippen LogP contribution in [0.3, 0.4) is 0 Å². The van der Waals surface area contributed by atoms with Gasteiger partial charge >= 0.3 is 0 Å². The maximum absolute atomic E-state index is 6.27. The highest BCUT2D eigenvalue weighted by Gasteiger charge is 2.24. The second-order valence-electron chi connectivity index (χ2n) is 7.40. The summed E-state index contributed by atoms with van der Waals surface area (Å²) in [6, 6.07) is 12.6. The van der Waals surface area contributed by atoms with Crippen molar-refractivity contribution in [3.8, 4) is 5.95 Å². The van der Waals surface area contributed by atoms with Crippen LogP contribution in [0.15, 0.2) is 48.8 Å². The summed E-state index contributed by atoms with van der Waals surface area (Å²) in [5.74, 6) is 1.80. The number of anilines is 1. The van der Waals surface area contributed by atoms with E-state index in [4.69, 9.17) is 15.8 Å². The molecule has 3 aromatic heterocycles. The predicted octanol–water partition coefficient (Wildman–Crippen LogP) is 3.69. The number of hydrogen-bond acceptors (Lipinski definition) is 5. The van der Waals surface area contributed by atoms with Gasteiger partial charge in [-0.05, 0) is 24.5 Å². The van der Waals surface area contributed by atoms with Gasteiger partial charge in [-0.25, -0.2) is 4.98 Å². The van der Waals surface area contributed by atoms with Gasteiger partial charge in [0.25, 0.3) is 0 Å². The van der Waals surface area contributed by atoms with E-state index < -0.39 is 0 Å². The molecule has 2 N–H and O–H groups in total. The number of nitrogens with zero attached hydrogens (tertiary/aromatic N) is 6. The van der Waals surface area contributed by atoms with Gasteiger partial charge in [-0.15, -0.1) is 5.10 Å². The largest absolute Gasteiger partial charge is 0.368 e. The standard InChI is InChI=1S/C21H23N7/c22-20-25-19(13-15-7-3-1-4-8-15)26-28(20)21-24-17-14-23-12-11-18(17)27(21)16-9-5-2-6-10-16/h1,3-4,7-8,11-12,14,16H,2,5-6,9-10,13H2,(H2,22,25,26). The Morgan fingerprint density at radius 1 is 1.00 bits per heavy atom. The summed E-state index contributed by atoms with van der Waals surface area (Å²) in [6.45, 7) is 0. The predicted molar refractivity (Wildman–Crippen MR) is 108 cm³/mol. The summed E-state index contributed by atoms with van der Waals surface area (Å²) in [5, 5.41) is 4.70. The van der Waals surface area contributed by atoms with E-state index >= 15 is 0 Å². The van der Waals surface area contributed by atoms with Crippen LogP contribution < -0.4 is 5.73 Å². The van der Waals surface area contributed by atoms with Crippen molar-refractivity contribution in [2.24, 2.45) is 0 Å². The van der Waals surface area contributed by atoms with Crippen LogP contribution in [0.25, 0.3) is 17.0 Å². The van der Waals surface area contributed by atoms with Crippen molar-refractivity contribution < 1.29 is 0 Å². The molecule has 0 saturated heterocycles. The van der Waals surface area contributed by atoms with Gasteiger partial charge in [-0.3, -0.25) is 4.98 Å². The van der Waals surface area contributed by atoms with E-state index in [2.05, 4.69) is 26.7 Å². The Morgan fingerprint density at radius 3 is 2.64 bits per heavy atom. The van der Waals surface area contributed by atoms with Gasteiger partial charge in [0.1, 0.15) is 5.52 Å². The van der Waals surface area contributed by atoms with Gasteiger partial charge in [0, 0.05) is 18.7 Å². The molecule has 142 valence electrons. The highest BCUT2D eigenvalue weighted by Crippen LogP contribution is 2.33. The zero-order valence-electron chi connectivity index (χ0n) is 15.7. The Labute approximate surface area is 163 Å². The second kappa shape index (κ2) is 7.07. The minimum absolute atomic E-state index is 0.367. The van der Waals surface area contributed by atoms with Crippen LogP contribution in [0.5, 0.6) is 0 Å². The molecule has 28 heavy (non-hydrogen) atoms. The first-order valence-corrected chi connectivity index (χ1v) is 9.87. The first kappa shape index (κ1) is 16.9. The van der Waals surface area contributed by atoms with Gasteiger partial charge < -0.3 is 10.3 Å². The van der Waals surface area contributed by atoms with Crippen molar-refractivity contribution in [3.05, 3.63) is 60.2 Å². The van der Waals surface area contributed by atoms with Crippen LogP contribution in [0.2, 0.25) is 0 Å². The number of imidazole rings is 1. The number of aromatic nitrogens is 6. The third-order valence-corrected chi connectivity index (χ3v) is 5.48. The van der Waals surface area contributed by atoms with Crippen molar-refractivity contribution in [1.82, 2.24) is 29.3 Å². The fourth-order valence-corrected chi connectivity index (χ4v) is 4.16. The van der Waals surface area contributed by atoms with Gasteiger partial charge in [-0.1, -0.05) is 49.6 Å². The average molecular weight is 373 g/mol. The molecule has 1 aromatic carbocycles. The molecule has 0 radical (unpaired) electrons. The molecular weight excluding hydrogens is 350 g/mol. The second-order valence-corrected chi connectivity index (χ2v) is 7.40. The quantitative estimate of drug-likeness (QED) is 0.589. The maximum atomic E-state index is 6.27. The van der Waals surface area contributed by atoms with Gasteiger partial charge in [0.15, 0.2) is 5.82 Å². The van der Waals surface area contributed by atoms with Crippen molar-refractivity contribution in [1.29, 1.82) is 0 Å². The monoisotopic (exact) mass is 373 g/mol. The Kier molecular flexibility index (Phi) is 4.27. The number of benzene rings is 1. The van der Waals surface area contributed by atoms with E-state index in [1.54, 1.807) is 10.9 Å². The number of fused-ring (bicyclic) bond motifs is 1. The number of nitrogen functional groups attached to an aromatic ring is 1. The summed E-state index contributed by atoms with van der Waals surface area (Å²) >= 11 is 0. The van der Waals surface area contributed by atoms with Crippen LogP contribution in [0, 0.1) is 0 Å². The number of rotatable bonds is 4. The first-order valence-electron chi connectivity index (χ1n) is 9.87. The summed E-state index contributed by atoms with van der Waals surface area (Å²) in [6.07, 6.45) is 10.3. The van der Waals surface area contributed by atoms with Crippen LogP contribution in [-0.4, -0.2) is 29.3 Å². The lowest BCUT2D eigenvalue weighted by molar-refractivity contribution is 0.356. The molecule has 0 amide bonds. The van der Waals surface area contributed by atoms with Gasteiger partial charge in [0.2, 0.25) is 11.9 Å². The summed E-state index contributed by atoms with van der Waals surface area (Å²) < 4.78 is 3.97. The number of pyridine rings is 1. The zero-order chi connectivity index (χ0) is 18.9. The Bertz CT molecular complexity index is 1090. The SMILES string of the molecule is Nc1nc(Cc2ccccc2)nn1-c1nc2cnccc2n1C1CCCCC1. The Hall–Kier alpha value is -3.22. The average Bonchev–Trinajstić information content (AvgIpc) is 3.29. The maximum Gasteiger partial charge on any atom is 0.235 e. The van der Waals surface area contributed by atoms with E-state index in [0.29, 0.717) is 24.2 Å². The van der Waals surface area contributed by atoms with Crippen LogP contribution in [0.4, 0.5) is 5.95 Å². The number of nitrogens with two attached hydrogens (primary N) is 1. The highest BCUT2D eigenvalue weighted by molar-refractivity contribution is 5.76. The number of hydrogen-bond donors (Lipinski definition) is 1. The Balaban J connectivity index is 1.59. The fraction of sp³-hybridized carbons (Fsp3) is 0.333. The molecule has 0 bridgehead atoms. The molecule has 1 saturated carbocycles.